The number of H-pyrrole nitrogens is 1. The van der Waals surface area contributed by atoms with E-state index in [0.29, 0.717) is 0 Å². The second-order valence-corrected chi connectivity index (χ2v) is 4.25. The molecule has 116 valence electrons. The molecule has 0 aliphatic rings. The average Bonchev–Trinajstić information content (AvgIpc) is 2.71. The summed E-state index contributed by atoms with van der Waals surface area (Å²) >= 11 is 0. The highest BCUT2D eigenvalue weighted by atomic mass is 16.4. The van der Waals surface area contributed by atoms with Gasteiger partial charge in [0, 0.05) is 12.0 Å². The Balaban J connectivity index is 0.00000220. The highest BCUT2D eigenvalue weighted by molar-refractivity contribution is 6.00. The number of carboxylic acid groups (broad SMARTS) is 1. The van der Waals surface area contributed by atoms with Crippen molar-refractivity contribution >= 4 is 16.9 Å². The number of hydrogen-bond acceptors (Lipinski definition) is 7. The SMILES string of the molecule is N[C@@H](Cc1c(O)[nH]c2c(O)c(O)c(O)c(O)c12)C(=O)O.O. The fourth-order valence-corrected chi connectivity index (χ4v) is 1.93. The molecule has 0 fully saturated rings. The molecule has 0 aliphatic carbocycles. The quantitative estimate of drug-likeness (QED) is 0.255. The van der Waals surface area contributed by atoms with Crippen LogP contribution in [0.15, 0.2) is 0 Å². The van der Waals surface area contributed by atoms with E-state index in [4.69, 9.17) is 10.8 Å². The first kappa shape index (κ1) is 16.2. The van der Waals surface area contributed by atoms with Crippen LogP contribution >= 0.6 is 0 Å². The Bertz CT molecular complexity index is 708. The zero-order valence-corrected chi connectivity index (χ0v) is 10.5. The predicted octanol–water partition coefficient (Wildman–Crippen LogP) is -1.17. The second-order valence-electron chi connectivity index (χ2n) is 4.25. The van der Waals surface area contributed by atoms with Gasteiger partial charge in [-0.3, -0.25) is 4.79 Å². The fraction of sp³-hybridized carbons (Fsp3) is 0.182. The largest absolute Gasteiger partial charge is 0.504 e. The summed E-state index contributed by atoms with van der Waals surface area (Å²) in [5, 5.41) is 56.5. The van der Waals surface area contributed by atoms with E-state index in [9.17, 15) is 30.3 Å². The van der Waals surface area contributed by atoms with E-state index in [0.717, 1.165) is 0 Å². The highest BCUT2D eigenvalue weighted by Gasteiger charge is 2.26. The number of phenolic OH excluding ortho intramolecular Hbond substituents is 4. The van der Waals surface area contributed by atoms with Crippen LogP contribution < -0.4 is 5.73 Å². The van der Waals surface area contributed by atoms with E-state index >= 15 is 0 Å². The summed E-state index contributed by atoms with van der Waals surface area (Å²) in [4.78, 5) is 13.0. The van der Waals surface area contributed by atoms with Gasteiger partial charge in [0.2, 0.25) is 11.5 Å². The lowest BCUT2D eigenvalue weighted by Crippen LogP contribution is -2.32. The Morgan fingerprint density at radius 3 is 2.10 bits per heavy atom. The number of aromatic nitrogens is 1. The molecule has 10 heteroatoms. The van der Waals surface area contributed by atoms with Crippen molar-refractivity contribution in [2.24, 2.45) is 5.73 Å². The van der Waals surface area contributed by atoms with Crippen molar-refractivity contribution in [1.82, 2.24) is 4.98 Å². The molecule has 0 saturated carbocycles. The minimum Gasteiger partial charge on any atom is -0.504 e. The van der Waals surface area contributed by atoms with Crippen LogP contribution in [0.4, 0.5) is 0 Å². The molecule has 0 spiro atoms. The number of fused-ring (bicyclic) bond motifs is 1. The number of aliphatic carboxylic acids is 1. The van der Waals surface area contributed by atoms with Gasteiger partial charge in [-0.1, -0.05) is 0 Å². The molecule has 0 saturated heterocycles. The zero-order chi connectivity index (χ0) is 15.2. The van der Waals surface area contributed by atoms with Crippen molar-refractivity contribution in [3.63, 3.8) is 0 Å². The third-order valence-corrected chi connectivity index (χ3v) is 2.97. The van der Waals surface area contributed by atoms with Crippen molar-refractivity contribution in [2.45, 2.75) is 12.5 Å². The third-order valence-electron chi connectivity index (χ3n) is 2.97. The number of carbonyl (C=O) groups is 1. The molecule has 1 heterocycles. The van der Waals surface area contributed by atoms with Gasteiger partial charge in [-0.25, -0.2) is 0 Å². The van der Waals surface area contributed by atoms with Crippen LogP contribution in [0.25, 0.3) is 10.9 Å². The zero-order valence-electron chi connectivity index (χ0n) is 10.5. The summed E-state index contributed by atoms with van der Waals surface area (Å²) in [6.07, 6.45) is -0.363. The number of carboxylic acids is 1. The van der Waals surface area contributed by atoms with Crippen LogP contribution in [0.5, 0.6) is 28.9 Å². The van der Waals surface area contributed by atoms with Crippen LogP contribution in [0.3, 0.4) is 0 Å². The van der Waals surface area contributed by atoms with Gasteiger partial charge in [0.1, 0.15) is 6.04 Å². The van der Waals surface area contributed by atoms with Gasteiger partial charge < -0.3 is 46.8 Å². The number of nitrogens with two attached hydrogens (primary N) is 1. The Hall–Kier alpha value is -2.85. The summed E-state index contributed by atoms with van der Waals surface area (Å²) in [5.41, 5.74) is 5.00. The van der Waals surface area contributed by atoms with E-state index in [1.165, 1.54) is 0 Å². The normalized spacial score (nSPS) is 12.0. The smallest absolute Gasteiger partial charge is 0.320 e. The molecule has 1 atom stereocenters. The predicted molar refractivity (Wildman–Crippen MR) is 69.6 cm³/mol. The van der Waals surface area contributed by atoms with E-state index in [-0.39, 0.29) is 28.4 Å². The monoisotopic (exact) mass is 302 g/mol. The maximum Gasteiger partial charge on any atom is 0.320 e. The topological polar surface area (TPSA) is 212 Å². The van der Waals surface area contributed by atoms with E-state index < -0.39 is 40.9 Å². The van der Waals surface area contributed by atoms with Crippen LogP contribution in [-0.4, -0.2) is 53.1 Å². The lowest BCUT2D eigenvalue weighted by molar-refractivity contribution is -0.138. The summed E-state index contributed by atoms with van der Waals surface area (Å²) < 4.78 is 0. The molecule has 0 amide bonds. The Labute approximate surface area is 116 Å². The Morgan fingerprint density at radius 2 is 1.57 bits per heavy atom. The van der Waals surface area contributed by atoms with Crippen LogP contribution in [0.1, 0.15) is 5.56 Å². The molecule has 0 unspecified atom stereocenters. The Morgan fingerprint density at radius 1 is 1.05 bits per heavy atom. The molecule has 1 aromatic heterocycles. The number of hydrogen-bond donors (Lipinski definition) is 8. The first-order valence-corrected chi connectivity index (χ1v) is 5.43. The number of phenols is 4. The van der Waals surface area contributed by atoms with Gasteiger partial charge in [0.05, 0.1) is 10.9 Å². The molecule has 0 bridgehead atoms. The van der Waals surface area contributed by atoms with Crippen molar-refractivity contribution in [3.05, 3.63) is 5.56 Å². The van der Waals surface area contributed by atoms with E-state index in [1.54, 1.807) is 0 Å². The van der Waals surface area contributed by atoms with Gasteiger partial charge in [-0.15, -0.1) is 0 Å². The van der Waals surface area contributed by atoms with Crippen molar-refractivity contribution in [3.8, 4) is 28.9 Å². The number of aromatic hydroxyl groups is 5. The van der Waals surface area contributed by atoms with Crippen molar-refractivity contribution < 1.29 is 40.9 Å². The highest BCUT2D eigenvalue weighted by Crippen LogP contribution is 2.51. The molecular formula is C11H14N2O8. The van der Waals surface area contributed by atoms with Gasteiger partial charge in [-0.2, -0.15) is 0 Å². The minimum absolute atomic E-state index is 0. The molecule has 2 rings (SSSR count). The average molecular weight is 302 g/mol. The lowest BCUT2D eigenvalue weighted by Gasteiger charge is -2.08. The maximum absolute atomic E-state index is 10.7. The van der Waals surface area contributed by atoms with Crippen molar-refractivity contribution in [2.75, 3.05) is 0 Å². The van der Waals surface area contributed by atoms with Gasteiger partial charge in [-0.05, 0) is 0 Å². The van der Waals surface area contributed by atoms with E-state index in [2.05, 4.69) is 4.98 Å². The molecule has 0 radical (unpaired) electrons. The van der Waals surface area contributed by atoms with Gasteiger partial charge in [0.25, 0.3) is 0 Å². The first-order valence-electron chi connectivity index (χ1n) is 5.43. The molecule has 10 nitrogen and oxygen atoms in total. The third kappa shape index (κ3) is 2.32. The fourth-order valence-electron chi connectivity index (χ4n) is 1.93. The summed E-state index contributed by atoms with van der Waals surface area (Å²) in [5.74, 6) is -5.41. The Kier molecular flexibility index (Phi) is 4.06. The van der Waals surface area contributed by atoms with Crippen LogP contribution in [-0.2, 0) is 11.2 Å². The molecule has 21 heavy (non-hydrogen) atoms. The standard InChI is InChI=1S/C11H12N2O7.H2O/c12-3(11(19)20)1-2-4-5(13-10(2)18)7(15)9(17)8(16)6(4)14;/h3,13-18H,1,12H2,(H,19,20);1H2/t3-;/m0./s1. The van der Waals surface area contributed by atoms with E-state index in [1.807, 2.05) is 0 Å². The number of nitrogens with one attached hydrogen (secondary N) is 1. The number of aromatic amines is 1. The summed E-state index contributed by atoms with van der Waals surface area (Å²) in [7, 11) is 0. The first-order chi connectivity index (χ1) is 9.25. The summed E-state index contributed by atoms with van der Waals surface area (Å²) in [6.45, 7) is 0. The maximum atomic E-state index is 10.7. The minimum atomic E-state index is -1.36. The van der Waals surface area contributed by atoms with Crippen LogP contribution in [0.2, 0.25) is 0 Å². The second kappa shape index (κ2) is 5.26. The molecule has 2 aromatic rings. The van der Waals surface area contributed by atoms with Crippen molar-refractivity contribution in [1.29, 1.82) is 0 Å². The van der Waals surface area contributed by atoms with Gasteiger partial charge in [0.15, 0.2) is 17.4 Å². The lowest BCUT2D eigenvalue weighted by atomic mass is 10.0. The molecular weight excluding hydrogens is 288 g/mol. The number of benzene rings is 1. The molecule has 11 N–H and O–H groups in total. The molecule has 1 aromatic carbocycles. The van der Waals surface area contributed by atoms with Crippen LogP contribution in [0, 0.1) is 0 Å². The number of rotatable bonds is 3. The van der Waals surface area contributed by atoms with Gasteiger partial charge >= 0.3 is 5.97 Å². The molecule has 0 aliphatic heterocycles. The summed E-state index contributed by atoms with van der Waals surface area (Å²) in [6, 6.07) is -1.36.